The zero-order chi connectivity index (χ0) is 24.3. The minimum Gasteiger partial charge on any atom is -0.378 e. The van der Waals surface area contributed by atoms with Crippen molar-refractivity contribution in [3.63, 3.8) is 0 Å². The molecule has 1 heteroatoms. The summed E-state index contributed by atoms with van der Waals surface area (Å²) in [4.78, 5) is 0. The van der Waals surface area contributed by atoms with Crippen LogP contribution in [0.5, 0.6) is 0 Å². The van der Waals surface area contributed by atoms with Crippen LogP contribution in [0.15, 0.2) is 121 Å². The van der Waals surface area contributed by atoms with Crippen LogP contribution in [-0.4, -0.2) is 6.04 Å². The van der Waals surface area contributed by atoms with E-state index in [-0.39, 0.29) is 11.5 Å². The molecule has 2 aliphatic carbocycles. The number of anilines is 1. The molecule has 0 saturated heterocycles. The average molecular weight is 464 g/mol. The van der Waals surface area contributed by atoms with Gasteiger partial charge in [0.05, 0.1) is 0 Å². The lowest BCUT2D eigenvalue weighted by atomic mass is 9.77. The van der Waals surface area contributed by atoms with Gasteiger partial charge >= 0.3 is 0 Å². The molecule has 1 N–H and O–H groups in total. The summed E-state index contributed by atoms with van der Waals surface area (Å²) in [5, 5.41) is 8.95. The monoisotopic (exact) mass is 463 g/mol. The molecule has 0 amide bonds. The van der Waals surface area contributed by atoms with Gasteiger partial charge in [0.25, 0.3) is 0 Å². The Balaban J connectivity index is 1.17. The molecule has 0 bridgehead atoms. The highest BCUT2D eigenvalue weighted by Crippen LogP contribution is 2.51. The molecule has 5 aromatic carbocycles. The number of nitrogens with one attached hydrogen (secondary N) is 1. The van der Waals surface area contributed by atoms with Crippen molar-refractivity contribution < 1.29 is 0 Å². The molecule has 7 rings (SSSR count). The molecule has 0 saturated carbocycles. The molecule has 2 aliphatic rings. The predicted molar refractivity (Wildman–Crippen MR) is 154 cm³/mol. The third kappa shape index (κ3) is 3.38. The molecule has 0 heterocycles. The van der Waals surface area contributed by atoms with Crippen molar-refractivity contribution >= 4 is 32.8 Å². The lowest BCUT2D eigenvalue weighted by molar-refractivity contribution is 0.596. The maximum atomic E-state index is 3.81. The number of hydrogen-bond acceptors (Lipinski definition) is 1. The van der Waals surface area contributed by atoms with E-state index >= 15 is 0 Å². The minimum absolute atomic E-state index is 0.0163. The van der Waals surface area contributed by atoms with Gasteiger partial charge in [0.15, 0.2) is 0 Å². The zero-order valence-corrected chi connectivity index (χ0v) is 20.8. The van der Waals surface area contributed by atoms with Crippen LogP contribution in [0, 0.1) is 0 Å². The molecular weight excluding hydrogens is 434 g/mol. The number of benzene rings is 5. The van der Waals surface area contributed by atoms with Crippen LogP contribution in [0.1, 0.15) is 31.4 Å². The molecule has 0 aliphatic heterocycles. The van der Waals surface area contributed by atoms with Gasteiger partial charge in [0, 0.05) is 17.1 Å². The normalized spacial score (nSPS) is 17.9. The topological polar surface area (TPSA) is 12.0 Å². The van der Waals surface area contributed by atoms with Gasteiger partial charge in [-0.05, 0) is 91.7 Å². The van der Waals surface area contributed by atoms with E-state index in [9.17, 15) is 0 Å². The Morgan fingerprint density at radius 2 is 1.39 bits per heavy atom. The van der Waals surface area contributed by atoms with Crippen molar-refractivity contribution in [1.82, 2.24) is 0 Å². The van der Waals surface area contributed by atoms with Crippen LogP contribution in [-0.2, 0) is 5.41 Å². The van der Waals surface area contributed by atoms with E-state index in [0.29, 0.717) is 0 Å². The largest absolute Gasteiger partial charge is 0.378 e. The second kappa shape index (κ2) is 7.96. The number of allylic oxidation sites excluding steroid dienone is 2. The van der Waals surface area contributed by atoms with E-state index < -0.39 is 0 Å². The van der Waals surface area contributed by atoms with E-state index in [1.54, 1.807) is 0 Å². The highest BCUT2D eigenvalue weighted by molar-refractivity contribution is 5.99. The third-order valence-corrected chi connectivity index (χ3v) is 8.15. The fourth-order valence-corrected chi connectivity index (χ4v) is 6.17. The molecule has 1 nitrogen and oxygen atoms in total. The number of rotatable bonds is 3. The van der Waals surface area contributed by atoms with Crippen LogP contribution in [0.3, 0.4) is 0 Å². The Kier molecular flexibility index (Phi) is 4.69. The van der Waals surface area contributed by atoms with Gasteiger partial charge < -0.3 is 5.32 Å². The van der Waals surface area contributed by atoms with Crippen molar-refractivity contribution in [3.05, 3.63) is 132 Å². The smallest absolute Gasteiger partial charge is 0.0485 e. The molecule has 0 spiro atoms. The summed E-state index contributed by atoms with van der Waals surface area (Å²) in [6.45, 7) is 4.78. The summed E-state index contributed by atoms with van der Waals surface area (Å²) in [6, 6.07) is 37.9. The van der Waals surface area contributed by atoms with Gasteiger partial charge in [-0.2, -0.15) is 0 Å². The highest BCUT2D eigenvalue weighted by atomic mass is 14.9. The van der Waals surface area contributed by atoms with E-state index in [0.717, 1.165) is 6.42 Å². The quantitative estimate of drug-likeness (QED) is 0.263. The van der Waals surface area contributed by atoms with Gasteiger partial charge in [0.1, 0.15) is 0 Å². The summed E-state index contributed by atoms with van der Waals surface area (Å²) < 4.78 is 0. The molecule has 0 radical (unpaired) electrons. The second-order valence-corrected chi connectivity index (χ2v) is 10.7. The summed E-state index contributed by atoms with van der Waals surface area (Å²) in [5.41, 5.74) is 9.55. The predicted octanol–water partition coefficient (Wildman–Crippen LogP) is 9.15. The Morgan fingerprint density at radius 1 is 0.667 bits per heavy atom. The molecule has 5 aromatic rings. The van der Waals surface area contributed by atoms with Gasteiger partial charge in [0.2, 0.25) is 0 Å². The van der Waals surface area contributed by atoms with Crippen molar-refractivity contribution in [2.75, 3.05) is 5.32 Å². The first-order valence-electron chi connectivity index (χ1n) is 12.9. The summed E-state index contributed by atoms with van der Waals surface area (Å²) in [6.07, 6.45) is 5.71. The lowest BCUT2D eigenvalue weighted by Crippen LogP contribution is -2.26. The average Bonchev–Trinajstić information content (AvgIpc) is 3.13. The van der Waals surface area contributed by atoms with Gasteiger partial charge in [-0.3, -0.25) is 0 Å². The van der Waals surface area contributed by atoms with Crippen LogP contribution < -0.4 is 5.32 Å². The van der Waals surface area contributed by atoms with E-state index in [2.05, 4.69) is 134 Å². The lowest BCUT2D eigenvalue weighted by Gasteiger charge is -2.30. The van der Waals surface area contributed by atoms with E-state index in [1.807, 2.05) is 0 Å². The van der Waals surface area contributed by atoms with Gasteiger partial charge in [-0.1, -0.05) is 98.8 Å². The molecule has 0 fully saturated rings. The maximum Gasteiger partial charge on any atom is 0.0485 e. The maximum absolute atomic E-state index is 3.81. The summed E-state index contributed by atoms with van der Waals surface area (Å²) >= 11 is 0. The van der Waals surface area contributed by atoms with E-state index in [4.69, 9.17) is 0 Å². The SMILES string of the molecule is CC1(C)C2=C(C=CC(Nc3ccc4cc5ccccc5cc4c3)C2)c2ccc(-c3ccccc3)cc21. The molecule has 0 aromatic heterocycles. The molecule has 1 unspecified atom stereocenters. The second-order valence-electron chi connectivity index (χ2n) is 10.7. The van der Waals surface area contributed by atoms with Gasteiger partial charge in [-0.25, -0.2) is 0 Å². The Morgan fingerprint density at radius 3 is 2.19 bits per heavy atom. The number of fused-ring (bicyclic) bond motifs is 4. The zero-order valence-electron chi connectivity index (χ0n) is 20.8. The van der Waals surface area contributed by atoms with E-state index in [1.165, 1.54) is 60.6 Å². The van der Waals surface area contributed by atoms with Crippen molar-refractivity contribution in [3.8, 4) is 11.1 Å². The van der Waals surface area contributed by atoms with Crippen molar-refractivity contribution in [1.29, 1.82) is 0 Å². The fraction of sp³-hybridized carbons (Fsp3) is 0.143. The standard InChI is InChI=1S/C35H29N/c1-35(2)33-21-27(23-8-4-3-5-9-23)13-16-31(33)32-17-15-30(22-34(32)35)36-29-14-12-26-18-24-10-6-7-11-25(24)19-28(26)20-29/h3-21,30,36H,22H2,1-2H3. The Bertz CT molecular complexity index is 1700. The Labute approximate surface area is 212 Å². The highest BCUT2D eigenvalue weighted by Gasteiger charge is 2.39. The fourth-order valence-electron chi connectivity index (χ4n) is 6.17. The van der Waals surface area contributed by atoms with Gasteiger partial charge in [-0.15, -0.1) is 0 Å². The molecule has 1 atom stereocenters. The Hall–Kier alpha value is -4.10. The van der Waals surface area contributed by atoms with Crippen LogP contribution in [0.25, 0.3) is 38.2 Å². The first-order chi connectivity index (χ1) is 17.6. The third-order valence-electron chi connectivity index (χ3n) is 8.15. The first kappa shape index (κ1) is 21.2. The molecule has 36 heavy (non-hydrogen) atoms. The molecule has 174 valence electrons. The van der Waals surface area contributed by atoms with Crippen molar-refractivity contribution in [2.24, 2.45) is 0 Å². The van der Waals surface area contributed by atoms with Crippen LogP contribution in [0.4, 0.5) is 5.69 Å². The molecular formula is C35H29N. The van der Waals surface area contributed by atoms with Crippen LogP contribution >= 0.6 is 0 Å². The number of hydrogen-bond donors (Lipinski definition) is 1. The summed E-state index contributed by atoms with van der Waals surface area (Å²) in [7, 11) is 0. The first-order valence-corrected chi connectivity index (χ1v) is 12.9. The summed E-state index contributed by atoms with van der Waals surface area (Å²) in [5.74, 6) is 0. The van der Waals surface area contributed by atoms with Crippen molar-refractivity contribution in [2.45, 2.75) is 31.7 Å². The van der Waals surface area contributed by atoms with Crippen LogP contribution in [0.2, 0.25) is 0 Å². The minimum atomic E-state index is 0.0163.